The van der Waals surface area contributed by atoms with Gasteiger partial charge >= 0.3 is 0 Å². The number of nitrogens with zero attached hydrogens (tertiary/aromatic N) is 5. The molecule has 0 atom stereocenters. The van der Waals surface area contributed by atoms with Gasteiger partial charge in [-0.2, -0.15) is 5.10 Å². The normalized spacial score (nSPS) is 11.2. The number of hydrogen-bond acceptors (Lipinski definition) is 5. The highest BCUT2D eigenvalue weighted by atomic mass is 16.4. The van der Waals surface area contributed by atoms with E-state index in [0.29, 0.717) is 35.5 Å². The molecule has 0 spiro atoms. The van der Waals surface area contributed by atoms with Gasteiger partial charge in [0.25, 0.3) is 11.8 Å². The molecule has 164 valence electrons. The molecule has 0 bridgehead atoms. The number of hydrogen-bond donors (Lipinski definition) is 0. The SMILES string of the molecule is Cc1nnc(-c2cc(CC(C)C)n(-c3cccc(C(=O)N(C)Cc4ccccc4)c3)n2)o1. The standard InChI is InChI=1S/C25H27N5O2/c1-17(2)13-22-15-23(24-27-26-18(3)32-24)28-30(22)21-12-8-11-20(14-21)25(31)29(4)16-19-9-6-5-7-10-19/h5-12,14-15,17H,13,16H2,1-4H3. The minimum Gasteiger partial charge on any atom is -0.420 e. The quantitative estimate of drug-likeness (QED) is 0.425. The van der Waals surface area contributed by atoms with Gasteiger partial charge in [0.1, 0.15) is 5.69 Å². The molecule has 1 amide bonds. The molecule has 0 unspecified atom stereocenters. The Morgan fingerprint density at radius 1 is 1.06 bits per heavy atom. The van der Waals surface area contributed by atoms with Crippen LogP contribution < -0.4 is 0 Å². The van der Waals surface area contributed by atoms with E-state index in [2.05, 4.69) is 24.0 Å². The molecule has 0 saturated carbocycles. The van der Waals surface area contributed by atoms with Crippen LogP contribution in [0.3, 0.4) is 0 Å². The van der Waals surface area contributed by atoms with E-state index in [4.69, 9.17) is 9.52 Å². The third-order valence-electron chi connectivity index (χ3n) is 5.09. The molecule has 4 aromatic rings. The summed E-state index contributed by atoms with van der Waals surface area (Å²) >= 11 is 0. The number of aryl methyl sites for hydroxylation is 1. The summed E-state index contributed by atoms with van der Waals surface area (Å²) in [6.07, 6.45) is 0.826. The van der Waals surface area contributed by atoms with Crippen molar-refractivity contribution in [3.05, 3.63) is 83.4 Å². The fourth-order valence-electron chi connectivity index (χ4n) is 3.63. The topological polar surface area (TPSA) is 77.1 Å². The molecule has 0 radical (unpaired) electrons. The molecule has 0 fully saturated rings. The van der Waals surface area contributed by atoms with Gasteiger partial charge in [0.15, 0.2) is 0 Å². The van der Waals surface area contributed by atoms with E-state index in [1.165, 1.54) is 0 Å². The summed E-state index contributed by atoms with van der Waals surface area (Å²) in [5.41, 5.74) is 4.17. The summed E-state index contributed by atoms with van der Waals surface area (Å²) in [5, 5.41) is 12.7. The van der Waals surface area contributed by atoms with Crippen molar-refractivity contribution in [3.63, 3.8) is 0 Å². The van der Waals surface area contributed by atoms with Crippen LogP contribution in [0, 0.1) is 12.8 Å². The Balaban J connectivity index is 1.64. The van der Waals surface area contributed by atoms with Crippen LogP contribution in [0.15, 0.2) is 65.1 Å². The lowest BCUT2D eigenvalue weighted by molar-refractivity contribution is 0.0785. The minimum absolute atomic E-state index is 0.0407. The highest BCUT2D eigenvalue weighted by Crippen LogP contribution is 2.23. The van der Waals surface area contributed by atoms with Gasteiger partial charge in [-0.3, -0.25) is 4.79 Å². The third kappa shape index (κ3) is 4.77. The Labute approximate surface area is 187 Å². The second-order valence-electron chi connectivity index (χ2n) is 8.35. The molecule has 0 aliphatic carbocycles. The lowest BCUT2D eigenvalue weighted by atomic mass is 10.1. The number of amides is 1. The zero-order chi connectivity index (χ0) is 22.7. The summed E-state index contributed by atoms with van der Waals surface area (Å²) in [4.78, 5) is 14.8. The number of aromatic nitrogens is 4. The van der Waals surface area contributed by atoms with Gasteiger partial charge in [0.05, 0.1) is 5.69 Å². The lowest BCUT2D eigenvalue weighted by Crippen LogP contribution is -2.26. The minimum atomic E-state index is -0.0407. The van der Waals surface area contributed by atoms with E-state index in [1.54, 1.807) is 11.8 Å². The van der Waals surface area contributed by atoms with Crippen LogP contribution in [-0.4, -0.2) is 37.8 Å². The van der Waals surface area contributed by atoms with Gasteiger partial charge in [-0.1, -0.05) is 50.2 Å². The third-order valence-corrected chi connectivity index (χ3v) is 5.09. The lowest BCUT2D eigenvalue weighted by Gasteiger charge is -2.18. The van der Waals surface area contributed by atoms with Crippen molar-refractivity contribution in [3.8, 4) is 17.3 Å². The Morgan fingerprint density at radius 2 is 1.84 bits per heavy atom. The fraction of sp³-hybridized carbons (Fsp3) is 0.280. The number of rotatable bonds is 7. The van der Waals surface area contributed by atoms with Gasteiger partial charge in [-0.05, 0) is 42.2 Å². The number of carbonyl (C=O) groups excluding carboxylic acids is 1. The molecule has 0 saturated heterocycles. The van der Waals surface area contributed by atoms with Crippen molar-refractivity contribution in [2.45, 2.75) is 33.7 Å². The first-order chi connectivity index (χ1) is 15.4. The van der Waals surface area contributed by atoms with Crippen molar-refractivity contribution < 1.29 is 9.21 Å². The van der Waals surface area contributed by atoms with Crippen molar-refractivity contribution in [1.82, 2.24) is 24.9 Å². The first kappa shape index (κ1) is 21.5. The summed E-state index contributed by atoms with van der Waals surface area (Å²) < 4.78 is 7.43. The van der Waals surface area contributed by atoms with Crippen LogP contribution in [0.5, 0.6) is 0 Å². The maximum atomic E-state index is 13.1. The van der Waals surface area contributed by atoms with Crippen LogP contribution >= 0.6 is 0 Å². The maximum absolute atomic E-state index is 13.1. The van der Waals surface area contributed by atoms with E-state index in [1.807, 2.05) is 72.4 Å². The first-order valence-electron chi connectivity index (χ1n) is 10.7. The predicted molar refractivity (Wildman–Crippen MR) is 122 cm³/mol. The van der Waals surface area contributed by atoms with E-state index >= 15 is 0 Å². The van der Waals surface area contributed by atoms with Crippen LogP contribution in [0.4, 0.5) is 0 Å². The first-order valence-corrected chi connectivity index (χ1v) is 10.7. The van der Waals surface area contributed by atoms with Crippen molar-refractivity contribution in [1.29, 1.82) is 0 Å². The molecule has 0 aliphatic heterocycles. The van der Waals surface area contributed by atoms with Crippen molar-refractivity contribution >= 4 is 5.91 Å². The summed E-state index contributed by atoms with van der Waals surface area (Å²) in [6, 6.07) is 19.5. The molecule has 7 heteroatoms. The molecule has 2 heterocycles. The van der Waals surface area contributed by atoms with Gasteiger partial charge < -0.3 is 9.32 Å². The highest BCUT2D eigenvalue weighted by Gasteiger charge is 2.18. The molecular weight excluding hydrogens is 402 g/mol. The van der Waals surface area contributed by atoms with E-state index in [0.717, 1.165) is 23.4 Å². The van der Waals surface area contributed by atoms with E-state index in [-0.39, 0.29) is 5.91 Å². The molecule has 2 aromatic carbocycles. The van der Waals surface area contributed by atoms with E-state index < -0.39 is 0 Å². The second kappa shape index (κ2) is 9.18. The summed E-state index contributed by atoms with van der Waals surface area (Å²) in [5.74, 6) is 1.28. The summed E-state index contributed by atoms with van der Waals surface area (Å²) in [7, 11) is 1.82. The molecule has 4 rings (SSSR count). The van der Waals surface area contributed by atoms with Crippen molar-refractivity contribution in [2.75, 3.05) is 7.05 Å². The second-order valence-corrected chi connectivity index (χ2v) is 8.35. The monoisotopic (exact) mass is 429 g/mol. The van der Waals surface area contributed by atoms with E-state index in [9.17, 15) is 4.79 Å². The number of carbonyl (C=O) groups is 1. The van der Waals surface area contributed by atoms with Crippen LogP contribution in [-0.2, 0) is 13.0 Å². The highest BCUT2D eigenvalue weighted by molar-refractivity contribution is 5.94. The molecule has 32 heavy (non-hydrogen) atoms. The largest absolute Gasteiger partial charge is 0.420 e. The average molecular weight is 430 g/mol. The Morgan fingerprint density at radius 3 is 2.53 bits per heavy atom. The molecular formula is C25H27N5O2. The van der Waals surface area contributed by atoms with Gasteiger partial charge in [-0.15, -0.1) is 10.2 Å². The van der Waals surface area contributed by atoms with Crippen LogP contribution in [0.1, 0.15) is 41.4 Å². The van der Waals surface area contributed by atoms with Gasteiger partial charge in [0, 0.05) is 31.8 Å². The Bertz CT molecular complexity index is 1210. The zero-order valence-corrected chi connectivity index (χ0v) is 18.8. The van der Waals surface area contributed by atoms with Crippen molar-refractivity contribution in [2.24, 2.45) is 5.92 Å². The van der Waals surface area contributed by atoms with Crippen LogP contribution in [0.2, 0.25) is 0 Å². The zero-order valence-electron chi connectivity index (χ0n) is 18.8. The maximum Gasteiger partial charge on any atom is 0.268 e. The van der Waals surface area contributed by atoms with Crippen LogP contribution in [0.25, 0.3) is 17.3 Å². The summed E-state index contributed by atoms with van der Waals surface area (Å²) in [6.45, 7) is 6.62. The molecule has 7 nitrogen and oxygen atoms in total. The smallest absolute Gasteiger partial charge is 0.268 e. The number of benzene rings is 2. The molecule has 0 aliphatic rings. The fourth-order valence-corrected chi connectivity index (χ4v) is 3.63. The predicted octanol–water partition coefficient (Wildman–Crippen LogP) is 4.70. The van der Waals surface area contributed by atoms with Gasteiger partial charge in [-0.25, -0.2) is 4.68 Å². The van der Waals surface area contributed by atoms with Gasteiger partial charge in [0.2, 0.25) is 5.89 Å². The molecule has 2 aromatic heterocycles. The Hall–Kier alpha value is -3.74. The Kier molecular flexibility index (Phi) is 6.16. The average Bonchev–Trinajstić information content (AvgIpc) is 3.40. The molecule has 0 N–H and O–H groups in total.